The summed E-state index contributed by atoms with van der Waals surface area (Å²) in [5.74, 6) is 0.191. The molecule has 5 rings (SSSR count). The lowest BCUT2D eigenvalue weighted by Gasteiger charge is -2.20. The first-order chi connectivity index (χ1) is 15.6. The summed E-state index contributed by atoms with van der Waals surface area (Å²) < 4.78 is 0. The second kappa shape index (κ2) is 8.43. The lowest BCUT2D eigenvalue weighted by molar-refractivity contribution is 1.06. The van der Waals surface area contributed by atoms with E-state index in [-0.39, 0.29) is 5.92 Å². The second-order valence-corrected chi connectivity index (χ2v) is 8.66. The van der Waals surface area contributed by atoms with Crippen molar-refractivity contribution in [2.75, 3.05) is 0 Å². The van der Waals surface area contributed by atoms with E-state index in [4.69, 9.17) is 4.99 Å². The van der Waals surface area contributed by atoms with Crippen molar-refractivity contribution in [1.29, 1.82) is 0 Å². The summed E-state index contributed by atoms with van der Waals surface area (Å²) in [5.41, 5.74) is 12.5. The van der Waals surface area contributed by atoms with Crippen molar-refractivity contribution in [3.8, 4) is 0 Å². The third kappa shape index (κ3) is 3.71. The van der Waals surface area contributed by atoms with E-state index in [1.54, 1.807) is 0 Å². The molecule has 0 aliphatic heterocycles. The van der Waals surface area contributed by atoms with E-state index in [1.807, 2.05) is 6.21 Å². The van der Waals surface area contributed by atoms with Crippen LogP contribution in [0.2, 0.25) is 0 Å². The molecule has 0 spiro atoms. The average Bonchev–Trinajstić information content (AvgIpc) is 3.19. The fourth-order valence-corrected chi connectivity index (χ4v) is 4.94. The minimum atomic E-state index is 0.191. The zero-order chi connectivity index (χ0) is 22.1. The van der Waals surface area contributed by atoms with Crippen LogP contribution in [-0.4, -0.2) is 6.21 Å². The molecule has 0 N–H and O–H groups in total. The molecule has 0 fully saturated rings. The SMILES string of the molecule is Cc1cc(C)c(/N=C\c2ccccc2C2C(c3ccccc3)=Cc3ccccc32)c(C)c1. The Morgan fingerprint density at radius 1 is 0.688 bits per heavy atom. The molecular formula is C31H27N. The molecule has 4 aromatic carbocycles. The number of rotatable bonds is 4. The smallest absolute Gasteiger partial charge is 0.0688 e. The molecule has 0 bridgehead atoms. The van der Waals surface area contributed by atoms with Gasteiger partial charge in [-0.2, -0.15) is 0 Å². The fourth-order valence-electron chi connectivity index (χ4n) is 4.94. The number of nitrogens with zero attached hydrogens (tertiary/aromatic N) is 1. The number of allylic oxidation sites excluding steroid dienone is 1. The number of benzene rings is 4. The molecule has 1 atom stereocenters. The van der Waals surface area contributed by atoms with Crippen LogP contribution in [0.3, 0.4) is 0 Å². The predicted molar refractivity (Wildman–Crippen MR) is 137 cm³/mol. The van der Waals surface area contributed by atoms with Crippen LogP contribution in [0.1, 0.15) is 50.4 Å². The summed E-state index contributed by atoms with van der Waals surface area (Å²) in [5, 5.41) is 0. The molecule has 1 aliphatic rings. The van der Waals surface area contributed by atoms with Crippen molar-refractivity contribution in [2.45, 2.75) is 26.7 Å². The third-order valence-corrected chi connectivity index (χ3v) is 6.31. The minimum Gasteiger partial charge on any atom is -0.256 e. The molecule has 0 saturated carbocycles. The molecule has 0 saturated heterocycles. The fraction of sp³-hybridized carbons (Fsp3) is 0.129. The predicted octanol–water partition coefficient (Wildman–Crippen LogP) is 8.05. The van der Waals surface area contributed by atoms with Crippen molar-refractivity contribution >= 4 is 23.6 Å². The van der Waals surface area contributed by atoms with Crippen LogP contribution in [0.4, 0.5) is 5.69 Å². The normalized spacial score (nSPS) is 15.1. The van der Waals surface area contributed by atoms with Gasteiger partial charge in [0.15, 0.2) is 0 Å². The highest BCUT2D eigenvalue weighted by atomic mass is 14.7. The quantitative estimate of drug-likeness (QED) is 0.300. The van der Waals surface area contributed by atoms with E-state index in [0.29, 0.717) is 0 Å². The maximum Gasteiger partial charge on any atom is 0.0688 e. The van der Waals surface area contributed by atoms with E-state index < -0.39 is 0 Å². The van der Waals surface area contributed by atoms with Gasteiger partial charge in [0.25, 0.3) is 0 Å². The Morgan fingerprint density at radius 3 is 2.06 bits per heavy atom. The van der Waals surface area contributed by atoms with Gasteiger partial charge in [-0.05, 0) is 71.4 Å². The van der Waals surface area contributed by atoms with Crippen molar-refractivity contribution in [2.24, 2.45) is 4.99 Å². The lowest BCUT2D eigenvalue weighted by Crippen LogP contribution is -2.05. The standard InChI is InChI=1S/C31H27N/c1-21-17-22(2)31(23(3)18-21)32-20-26-14-8-10-16-28(26)30-27-15-9-7-13-25(27)19-29(30)24-11-5-4-6-12-24/h4-20,30H,1-3H3/b32-20-. The van der Waals surface area contributed by atoms with Crippen molar-refractivity contribution < 1.29 is 0 Å². The van der Waals surface area contributed by atoms with Gasteiger partial charge in [-0.1, -0.05) is 96.6 Å². The first kappa shape index (κ1) is 20.2. The molecule has 4 aromatic rings. The van der Waals surface area contributed by atoms with Crippen LogP contribution in [-0.2, 0) is 0 Å². The summed E-state index contributed by atoms with van der Waals surface area (Å²) in [6.45, 7) is 6.42. The van der Waals surface area contributed by atoms with Gasteiger partial charge in [-0.15, -0.1) is 0 Å². The highest BCUT2D eigenvalue weighted by Crippen LogP contribution is 2.46. The van der Waals surface area contributed by atoms with Gasteiger partial charge < -0.3 is 0 Å². The Hall–Kier alpha value is -3.71. The van der Waals surface area contributed by atoms with Crippen LogP contribution >= 0.6 is 0 Å². The van der Waals surface area contributed by atoms with Gasteiger partial charge in [-0.25, -0.2) is 0 Å². The van der Waals surface area contributed by atoms with Gasteiger partial charge in [0, 0.05) is 12.1 Å². The largest absolute Gasteiger partial charge is 0.256 e. The second-order valence-electron chi connectivity index (χ2n) is 8.66. The van der Waals surface area contributed by atoms with Gasteiger partial charge >= 0.3 is 0 Å². The van der Waals surface area contributed by atoms with Crippen LogP contribution in [0.25, 0.3) is 11.6 Å². The zero-order valence-electron chi connectivity index (χ0n) is 18.8. The van der Waals surface area contributed by atoms with Gasteiger partial charge in [-0.3, -0.25) is 4.99 Å². The number of hydrogen-bond acceptors (Lipinski definition) is 1. The Balaban J connectivity index is 1.62. The molecule has 1 heteroatoms. The van der Waals surface area contributed by atoms with Crippen molar-refractivity contribution in [3.05, 3.63) is 136 Å². The third-order valence-electron chi connectivity index (χ3n) is 6.31. The lowest BCUT2D eigenvalue weighted by atomic mass is 9.83. The molecule has 0 radical (unpaired) electrons. The summed E-state index contributed by atoms with van der Waals surface area (Å²) in [6, 6.07) is 32.5. The van der Waals surface area contributed by atoms with E-state index in [9.17, 15) is 0 Å². The first-order valence-corrected chi connectivity index (χ1v) is 11.2. The topological polar surface area (TPSA) is 12.4 Å². The van der Waals surface area contributed by atoms with Crippen LogP contribution in [0.15, 0.2) is 96.0 Å². The van der Waals surface area contributed by atoms with E-state index in [0.717, 1.165) is 11.3 Å². The van der Waals surface area contributed by atoms with Gasteiger partial charge in [0.2, 0.25) is 0 Å². The molecule has 1 unspecified atom stereocenters. The van der Waals surface area contributed by atoms with E-state index in [1.165, 1.54) is 44.5 Å². The Bertz CT molecular complexity index is 1320. The highest BCUT2D eigenvalue weighted by Gasteiger charge is 2.28. The summed E-state index contributed by atoms with van der Waals surface area (Å²) in [7, 11) is 0. The maximum atomic E-state index is 4.96. The van der Waals surface area contributed by atoms with Gasteiger partial charge in [0.1, 0.15) is 0 Å². The number of aryl methyl sites for hydroxylation is 3. The maximum absolute atomic E-state index is 4.96. The zero-order valence-corrected chi connectivity index (χ0v) is 18.8. The molecule has 156 valence electrons. The van der Waals surface area contributed by atoms with Crippen molar-refractivity contribution in [3.63, 3.8) is 0 Å². The molecule has 32 heavy (non-hydrogen) atoms. The average molecular weight is 414 g/mol. The Morgan fingerprint density at radius 2 is 1.31 bits per heavy atom. The van der Waals surface area contributed by atoms with Crippen LogP contribution < -0.4 is 0 Å². The van der Waals surface area contributed by atoms with Gasteiger partial charge in [0.05, 0.1) is 5.69 Å². The van der Waals surface area contributed by atoms with Crippen LogP contribution in [0, 0.1) is 20.8 Å². The summed E-state index contributed by atoms with van der Waals surface area (Å²) >= 11 is 0. The summed E-state index contributed by atoms with van der Waals surface area (Å²) in [6.07, 6.45) is 4.39. The van der Waals surface area contributed by atoms with E-state index >= 15 is 0 Å². The molecule has 0 aromatic heterocycles. The van der Waals surface area contributed by atoms with Crippen LogP contribution in [0.5, 0.6) is 0 Å². The Kier molecular flexibility index (Phi) is 5.33. The molecule has 1 aliphatic carbocycles. The Labute approximate surface area is 190 Å². The summed E-state index contributed by atoms with van der Waals surface area (Å²) in [4.78, 5) is 4.96. The highest BCUT2D eigenvalue weighted by molar-refractivity contribution is 5.96. The minimum absolute atomic E-state index is 0.191. The van der Waals surface area contributed by atoms with Crippen molar-refractivity contribution in [1.82, 2.24) is 0 Å². The molecule has 0 heterocycles. The van der Waals surface area contributed by atoms with E-state index in [2.05, 4.69) is 118 Å². The molecule has 0 amide bonds. The monoisotopic (exact) mass is 413 g/mol. The number of aliphatic imine (C=N–C) groups is 1. The molecular weight excluding hydrogens is 386 g/mol. The number of fused-ring (bicyclic) bond motifs is 1. The number of hydrogen-bond donors (Lipinski definition) is 0. The molecule has 1 nitrogen and oxygen atoms in total. The first-order valence-electron chi connectivity index (χ1n) is 11.2.